The van der Waals surface area contributed by atoms with Crippen LogP contribution in [-0.2, 0) is 11.3 Å². The number of carbonyl (C=O) groups excluding carboxylic acids is 1. The number of nitrogens with two attached hydrogens (primary N) is 1. The highest BCUT2D eigenvalue weighted by Crippen LogP contribution is 2.29. The van der Waals surface area contributed by atoms with Crippen LogP contribution in [0, 0.1) is 5.92 Å². The molecule has 18 heavy (non-hydrogen) atoms. The van der Waals surface area contributed by atoms with Crippen molar-refractivity contribution >= 4 is 27.5 Å². The first kappa shape index (κ1) is 13.4. The zero-order valence-corrected chi connectivity index (χ0v) is 12.0. The summed E-state index contributed by atoms with van der Waals surface area (Å²) in [7, 11) is 1.93. The van der Waals surface area contributed by atoms with Crippen LogP contribution in [0.4, 0.5) is 5.69 Å². The molecule has 0 aromatic heterocycles. The molecule has 1 atom stereocenters. The maximum Gasteiger partial charge on any atom is 0.222 e. The number of rotatable bonds is 4. The first-order valence-corrected chi connectivity index (χ1v) is 6.88. The van der Waals surface area contributed by atoms with Gasteiger partial charge < -0.3 is 16.0 Å². The average molecular weight is 312 g/mol. The van der Waals surface area contributed by atoms with E-state index < -0.39 is 0 Å². The van der Waals surface area contributed by atoms with Gasteiger partial charge in [-0.25, -0.2) is 0 Å². The second-order valence-electron chi connectivity index (χ2n) is 4.64. The van der Waals surface area contributed by atoms with E-state index in [1.807, 2.05) is 13.1 Å². The van der Waals surface area contributed by atoms with Gasteiger partial charge in [0, 0.05) is 29.8 Å². The Labute approximate surface area is 116 Å². The molecule has 1 heterocycles. The molecule has 1 aromatic rings. The summed E-state index contributed by atoms with van der Waals surface area (Å²) in [4.78, 5) is 13.5. The fourth-order valence-corrected chi connectivity index (χ4v) is 2.81. The molecule has 1 amide bonds. The molecule has 1 fully saturated rings. The monoisotopic (exact) mass is 311 g/mol. The number of hydrogen-bond acceptors (Lipinski definition) is 3. The van der Waals surface area contributed by atoms with Crippen molar-refractivity contribution in [3.8, 4) is 0 Å². The van der Waals surface area contributed by atoms with Crippen molar-refractivity contribution in [3.63, 3.8) is 0 Å². The van der Waals surface area contributed by atoms with E-state index in [1.54, 1.807) is 0 Å². The summed E-state index contributed by atoms with van der Waals surface area (Å²) in [6, 6.07) is 6.25. The van der Waals surface area contributed by atoms with Gasteiger partial charge in [-0.15, -0.1) is 0 Å². The fourth-order valence-electron chi connectivity index (χ4n) is 2.41. The Bertz CT molecular complexity index is 450. The number of nitrogens with one attached hydrogen (secondary N) is 1. The largest absolute Gasteiger partial charge is 0.370 e. The molecule has 0 bridgehead atoms. The fraction of sp³-hybridized carbons (Fsp3) is 0.462. The lowest BCUT2D eigenvalue weighted by atomic mass is 10.1. The van der Waals surface area contributed by atoms with Gasteiger partial charge in [0.05, 0.1) is 5.92 Å². The molecule has 3 N–H and O–H groups in total. The average Bonchev–Trinajstić information content (AvgIpc) is 2.79. The maximum atomic E-state index is 11.2. The number of halogens is 1. The summed E-state index contributed by atoms with van der Waals surface area (Å²) in [5, 5.41) is 3.17. The topological polar surface area (TPSA) is 58.4 Å². The van der Waals surface area contributed by atoms with E-state index in [1.165, 1.54) is 11.3 Å². The molecular weight excluding hydrogens is 294 g/mol. The second kappa shape index (κ2) is 5.71. The normalized spacial score (nSPS) is 19.2. The van der Waals surface area contributed by atoms with Crippen LogP contribution in [0.3, 0.4) is 0 Å². The molecule has 1 aliphatic heterocycles. The predicted molar refractivity (Wildman–Crippen MR) is 76.4 cm³/mol. The minimum atomic E-state index is -0.190. The highest BCUT2D eigenvalue weighted by molar-refractivity contribution is 9.10. The van der Waals surface area contributed by atoms with Gasteiger partial charge in [0.2, 0.25) is 5.91 Å². The molecule has 5 heteroatoms. The van der Waals surface area contributed by atoms with Crippen LogP contribution >= 0.6 is 15.9 Å². The van der Waals surface area contributed by atoms with Crippen molar-refractivity contribution in [2.24, 2.45) is 11.7 Å². The maximum absolute atomic E-state index is 11.2. The van der Waals surface area contributed by atoms with Crippen LogP contribution in [0.5, 0.6) is 0 Å². The van der Waals surface area contributed by atoms with Gasteiger partial charge in [-0.1, -0.05) is 15.9 Å². The van der Waals surface area contributed by atoms with Crippen molar-refractivity contribution in [2.45, 2.75) is 13.0 Å². The molecule has 98 valence electrons. The Balaban J connectivity index is 2.20. The highest BCUT2D eigenvalue weighted by Gasteiger charge is 2.27. The Morgan fingerprint density at radius 1 is 1.61 bits per heavy atom. The van der Waals surface area contributed by atoms with E-state index in [0.29, 0.717) is 0 Å². The molecule has 0 spiro atoms. The molecule has 1 aromatic carbocycles. The quantitative estimate of drug-likeness (QED) is 0.885. The zero-order valence-electron chi connectivity index (χ0n) is 10.4. The molecule has 4 nitrogen and oxygen atoms in total. The van der Waals surface area contributed by atoms with E-state index in [0.717, 1.165) is 30.5 Å². The number of anilines is 1. The van der Waals surface area contributed by atoms with Crippen LogP contribution in [0.1, 0.15) is 12.0 Å². The molecule has 2 rings (SSSR count). The third-order valence-electron chi connectivity index (χ3n) is 3.34. The summed E-state index contributed by atoms with van der Waals surface area (Å²) in [5.41, 5.74) is 7.80. The van der Waals surface area contributed by atoms with Gasteiger partial charge in [-0.2, -0.15) is 0 Å². The van der Waals surface area contributed by atoms with Crippen LogP contribution in [0.2, 0.25) is 0 Å². The molecule has 1 unspecified atom stereocenters. The van der Waals surface area contributed by atoms with E-state index in [-0.39, 0.29) is 11.8 Å². The highest BCUT2D eigenvalue weighted by atomic mass is 79.9. The SMILES string of the molecule is CNCc1cc(Br)ccc1N1CCC(C(N)=O)C1. The van der Waals surface area contributed by atoms with Crippen molar-refractivity contribution in [2.75, 3.05) is 25.0 Å². The van der Waals surface area contributed by atoms with Crippen molar-refractivity contribution in [3.05, 3.63) is 28.2 Å². The number of nitrogens with zero attached hydrogens (tertiary/aromatic N) is 1. The number of amides is 1. The predicted octanol–water partition coefficient (Wildman–Crippen LogP) is 1.48. The molecular formula is C13H18BrN3O. The van der Waals surface area contributed by atoms with Crippen LogP contribution in [0.15, 0.2) is 22.7 Å². The van der Waals surface area contributed by atoms with Gasteiger partial charge >= 0.3 is 0 Å². The third-order valence-corrected chi connectivity index (χ3v) is 3.83. The lowest BCUT2D eigenvalue weighted by Crippen LogP contribution is -2.28. The van der Waals surface area contributed by atoms with E-state index in [2.05, 4.69) is 38.3 Å². The Kier molecular flexibility index (Phi) is 4.24. The van der Waals surface area contributed by atoms with Crippen LogP contribution in [0.25, 0.3) is 0 Å². The number of hydrogen-bond donors (Lipinski definition) is 2. The Morgan fingerprint density at radius 3 is 3.00 bits per heavy atom. The smallest absolute Gasteiger partial charge is 0.222 e. The summed E-state index contributed by atoms with van der Waals surface area (Å²) in [6.45, 7) is 2.44. The third kappa shape index (κ3) is 2.84. The van der Waals surface area contributed by atoms with E-state index >= 15 is 0 Å². The summed E-state index contributed by atoms with van der Waals surface area (Å²) in [6.07, 6.45) is 0.852. The zero-order chi connectivity index (χ0) is 13.1. The lowest BCUT2D eigenvalue weighted by Gasteiger charge is -2.22. The van der Waals surface area contributed by atoms with Crippen molar-refractivity contribution in [1.29, 1.82) is 0 Å². The van der Waals surface area contributed by atoms with Crippen molar-refractivity contribution in [1.82, 2.24) is 5.32 Å². The van der Waals surface area contributed by atoms with E-state index in [9.17, 15) is 4.79 Å². The van der Waals surface area contributed by atoms with Gasteiger partial charge in [0.1, 0.15) is 0 Å². The Hall–Kier alpha value is -1.07. The molecule has 0 radical (unpaired) electrons. The lowest BCUT2D eigenvalue weighted by molar-refractivity contribution is -0.121. The van der Waals surface area contributed by atoms with Gasteiger partial charge in [-0.05, 0) is 37.2 Å². The molecule has 1 aliphatic rings. The van der Waals surface area contributed by atoms with E-state index in [4.69, 9.17) is 5.73 Å². The Morgan fingerprint density at radius 2 is 2.39 bits per heavy atom. The van der Waals surface area contributed by atoms with Crippen LogP contribution in [-0.4, -0.2) is 26.0 Å². The van der Waals surface area contributed by atoms with Gasteiger partial charge in [0.15, 0.2) is 0 Å². The summed E-state index contributed by atoms with van der Waals surface area (Å²) in [5.74, 6) is -0.208. The first-order valence-electron chi connectivity index (χ1n) is 6.09. The molecule has 1 saturated heterocycles. The minimum Gasteiger partial charge on any atom is -0.370 e. The standard InChI is InChI=1S/C13H18BrN3O/c1-16-7-10-6-11(14)2-3-12(10)17-5-4-9(8-17)13(15)18/h2-3,6,9,16H,4-5,7-8H2,1H3,(H2,15,18). The van der Waals surface area contributed by atoms with Gasteiger partial charge in [0.25, 0.3) is 0 Å². The molecule has 0 aliphatic carbocycles. The summed E-state index contributed by atoms with van der Waals surface area (Å²) >= 11 is 3.49. The first-order chi connectivity index (χ1) is 8.61. The minimum absolute atomic E-state index is 0.0175. The van der Waals surface area contributed by atoms with Crippen LogP contribution < -0.4 is 16.0 Å². The summed E-state index contributed by atoms with van der Waals surface area (Å²) < 4.78 is 1.07. The molecule has 0 saturated carbocycles. The number of carbonyl (C=O) groups is 1. The van der Waals surface area contributed by atoms with Gasteiger partial charge in [-0.3, -0.25) is 4.79 Å². The van der Waals surface area contributed by atoms with Crippen molar-refractivity contribution < 1.29 is 4.79 Å². The second-order valence-corrected chi connectivity index (χ2v) is 5.55. The number of primary amides is 1. The number of benzene rings is 1.